The van der Waals surface area contributed by atoms with E-state index in [0.717, 1.165) is 0 Å². The molecule has 0 bridgehead atoms. The van der Waals surface area contributed by atoms with Crippen molar-refractivity contribution in [1.82, 2.24) is 9.78 Å². The number of aliphatic hydroxyl groups excluding tert-OH is 1. The molecule has 0 fully saturated rings. The third-order valence-electron chi connectivity index (χ3n) is 2.02. The summed E-state index contributed by atoms with van der Waals surface area (Å²) in [6.07, 6.45) is 3.83. The van der Waals surface area contributed by atoms with Crippen molar-refractivity contribution >= 4 is 9.84 Å². The highest BCUT2D eigenvalue weighted by Crippen LogP contribution is 1.99. The fourth-order valence-corrected chi connectivity index (χ4v) is 2.55. The van der Waals surface area contributed by atoms with Crippen molar-refractivity contribution in [3.63, 3.8) is 0 Å². The van der Waals surface area contributed by atoms with Crippen LogP contribution in [0.4, 0.5) is 0 Å². The van der Waals surface area contributed by atoms with Crippen molar-refractivity contribution in [1.29, 1.82) is 0 Å². The fraction of sp³-hybridized carbons (Fsp3) is 0.667. The van der Waals surface area contributed by atoms with E-state index in [1.165, 1.54) is 6.20 Å². The van der Waals surface area contributed by atoms with Gasteiger partial charge in [0.1, 0.15) is 0 Å². The van der Waals surface area contributed by atoms with Crippen LogP contribution < -0.4 is 0 Å². The van der Waals surface area contributed by atoms with Crippen LogP contribution in [0.2, 0.25) is 0 Å². The molecule has 6 heteroatoms. The second kappa shape index (κ2) is 5.27. The summed E-state index contributed by atoms with van der Waals surface area (Å²) in [6, 6.07) is 0. The van der Waals surface area contributed by atoms with Crippen LogP contribution >= 0.6 is 0 Å². The molecule has 1 N–H and O–H groups in total. The summed E-state index contributed by atoms with van der Waals surface area (Å²) < 4.78 is 24.3. The number of hydrogen-bond acceptors (Lipinski definition) is 4. The lowest BCUT2D eigenvalue weighted by Crippen LogP contribution is -2.15. The number of aliphatic hydroxyl groups is 1. The average Bonchev–Trinajstić information content (AvgIpc) is 2.62. The van der Waals surface area contributed by atoms with Crippen molar-refractivity contribution in [3.8, 4) is 0 Å². The lowest BCUT2D eigenvalue weighted by Gasteiger charge is -2.02. The third kappa shape index (κ3) is 4.01. The smallest absolute Gasteiger partial charge is 0.152 e. The highest BCUT2D eigenvalue weighted by Gasteiger charge is 2.09. The van der Waals surface area contributed by atoms with Gasteiger partial charge in [0.25, 0.3) is 0 Å². The second-order valence-corrected chi connectivity index (χ2v) is 5.73. The topological polar surface area (TPSA) is 72.2 Å². The van der Waals surface area contributed by atoms with E-state index in [2.05, 4.69) is 5.10 Å². The lowest BCUT2D eigenvalue weighted by atomic mass is 10.4. The minimum Gasteiger partial charge on any atom is -0.392 e. The summed E-state index contributed by atoms with van der Waals surface area (Å²) in [7, 11) is -2.95. The van der Waals surface area contributed by atoms with Gasteiger partial charge < -0.3 is 5.11 Å². The van der Waals surface area contributed by atoms with Crippen LogP contribution in [0.25, 0.3) is 0 Å². The SMILES string of the molecule is CCCS(=O)(=O)CCn1cc(CO)cn1. The zero-order valence-corrected chi connectivity index (χ0v) is 9.57. The van der Waals surface area contributed by atoms with Crippen molar-refractivity contribution in [2.75, 3.05) is 11.5 Å². The Morgan fingerprint density at radius 2 is 2.20 bits per heavy atom. The Bertz CT molecular complexity index is 397. The first-order valence-electron chi connectivity index (χ1n) is 4.90. The van der Waals surface area contributed by atoms with Crippen LogP contribution in [0, 0.1) is 0 Å². The summed E-state index contributed by atoms with van der Waals surface area (Å²) >= 11 is 0. The molecule has 1 rings (SSSR count). The van der Waals surface area contributed by atoms with E-state index in [1.807, 2.05) is 6.92 Å². The summed E-state index contributed by atoms with van der Waals surface area (Å²) in [6.45, 7) is 2.12. The number of aryl methyl sites for hydroxylation is 1. The lowest BCUT2D eigenvalue weighted by molar-refractivity contribution is 0.281. The fourth-order valence-electron chi connectivity index (χ4n) is 1.26. The Morgan fingerprint density at radius 1 is 1.47 bits per heavy atom. The number of hydrogen-bond donors (Lipinski definition) is 1. The zero-order chi connectivity index (χ0) is 11.3. The Morgan fingerprint density at radius 3 is 2.73 bits per heavy atom. The molecule has 1 heterocycles. The molecule has 1 aromatic rings. The molecule has 0 aliphatic heterocycles. The minimum absolute atomic E-state index is 0.0677. The van der Waals surface area contributed by atoms with Crippen molar-refractivity contribution < 1.29 is 13.5 Å². The molecule has 0 aliphatic rings. The van der Waals surface area contributed by atoms with Gasteiger partial charge in [0.2, 0.25) is 0 Å². The summed E-state index contributed by atoms with van der Waals surface area (Å²) in [4.78, 5) is 0. The predicted molar refractivity (Wildman–Crippen MR) is 57.1 cm³/mol. The molecule has 0 amide bonds. The first-order chi connectivity index (χ1) is 7.07. The molecule has 0 aromatic carbocycles. The maximum atomic E-state index is 11.4. The van der Waals surface area contributed by atoms with E-state index in [9.17, 15) is 8.42 Å². The van der Waals surface area contributed by atoms with Gasteiger partial charge in [-0.3, -0.25) is 4.68 Å². The highest BCUT2D eigenvalue weighted by molar-refractivity contribution is 7.91. The predicted octanol–water partition coefficient (Wildman–Crippen LogP) is 0.200. The number of nitrogens with zero attached hydrogens (tertiary/aromatic N) is 2. The van der Waals surface area contributed by atoms with Crippen LogP contribution in [0.15, 0.2) is 12.4 Å². The van der Waals surface area contributed by atoms with Gasteiger partial charge in [-0.2, -0.15) is 5.10 Å². The van der Waals surface area contributed by atoms with Crippen LogP contribution in [-0.2, 0) is 23.0 Å². The number of sulfone groups is 1. The molecule has 0 saturated heterocycles. The van der Waals surface area contributed by atoms with Crippen molar-refractivity contribution in [2.45, 2.75) is 26.5 Å². The highest BCUT2D eigenvalue weighted by atomic mass is 32.2. The standard InChI is InChI=1S/C9H16N2O3S/c1-2-4-15(13,14)5-3-11-7-9(8-12)6-10-11/h6-7,12H,2-5,8H2,1H3. The first-order valence-corrected chi connectivity index (χ1v) is 6.72. The Balaban J connectivity index is 2.50. The van der Waals surface area contributed by atoms with Gasteiger partial charge in [-0.15, -0.1) is 0 Å². The molecule has 0 spiro atoms. The van der Waals surface area contributed by atoms with Crippen molar-refractivity contribution in [3.05, 3.63) is 18.0 Å². The van der Waals surface area contributed by atoms with Gasteiger partial charge in [0.15, 0.2) is 9.84 Å². The Labute approximate surface area is 89.6 Å². The normalized spacial score (nSPS) is 11.9. The van der Waals surface area contributed by atoms with E-state index in [1.54, 1.807) is 10.9 Å². The largest absolute Gasteiger partial charge is 0.392 e. The zero-order valence-electron chi connectivity index (χ0n) is 8.76. The van der Waals surface area contributed by atoms with Gasteiger partial charge in [0.05, 0.1) is 25.1 Å². The molecule has 0 aliphatic carbocycles. The van der Waals surface area contributed by atoms with Gasteiger partial charge >= 0.3 is 0 Å². The average molecular weight is 232 g/mol. The van der Waals surface area contributed by atoms with Gasteiger partial charge in [-0.25, -0.2) is 8.42 Å². The van der Waals surface area contributed by atoms with Crippen LogP contribution in [0.5, 0.6) is 0 Å². The second-order valence-electron chi connectivity index (χ2n) is 3.42. The number of aromatic nitrogens is 2. The van der Waals surface area contributed by atoms with E-state index in [-0.39, 0.29) is 18.1 Å². The van der Waals surface area contributed by atoms with Crippen molar-refractivity contribution in [2.24, 2.45) is 0 Å². The molecule has 1 aromatic heterocycles. The molecule has 0 unspecified atom stereocenters. The van der Waals surface area contributed by atoms with Crippen LogP contribution in [0.3, 0.4) is 0 Å². The maximum Gasteiger partial charge on any atom is 0.152 e. The Kier molecular flexibility index (Phi) is 4.28. The van der Waals surface area contributed by atoms with E-state index in [0.29, 0.717) is 18.5 Å². The van der Waals surface area contributed by atoms with Gasteiger partial charge in [-0.05, 0) is 6.42 Å². The number of rotatable bonds is 6. The first kappa shape index (κ1) is 12.2. The van der Waals surface area contributed by atoms with Crippen LogP contribution in [-0.4, -0.2) is 34.8 Å². The van der Waals surface area contributed by atoms with Crippen LogP contribution in [0.1, 0.15) is 18.9 Å². The molecule has 0 radical (unpaired) electrons. The minimum atomic E-state index is -2.95. The van der Waals surface area contributed by atoms with E-state index in [4.69, 9.17) is 5.11 Å². The molecular formula is C9H16N2O3S. The quantitative estimate of drug-likeness (QED) is 0.760. The molecular weight excluding hydrogens is 216 g/mol. The Hall–Kier alpha value is -0.880. The van der Waals surface area contributed by atoms with E-state index < -0.39 is 9.84 Å². The molecule has 0 saturated carbocycles. The molecule has 15 heavy (non-hydrogen) atoms. The maximum absolute atomic E-state index is 11.4. The summed E-state index contributed by atoms with van der Waals surface area (Å²) in [5, 5.41) is 12.7. The summed E-state index contributed by atoms with van der Waals surface area (Å²) in [5.74, 6) is 0.328. The molecule has 0 atom stereocenters. The monoisotopic (exact) mass is 232 g/mol. The molecule has 5 nitrogen and oxygen atoms in total. The van der Waals surface area contributed by atoms with Gasteiger partial charge in [0, 0.05) is 17.5 Å². The summed E-state index contributed by atoms with van der Waals surface area (Å²) in [5.41, 5.74) is 0.697. The van der Waals surface area contributed by atoms with E-state index >= 15 is 0 Å². The molecule has 86 valence electrons. The third-order valence-corrected chi connectivity index (χ3v) is 3.85. The van der Waals surface area contributed by atoms with Gasteiger partial charge in [-0.1, -0.05) is 6.92 Å².